The summed E-state index contributed by atoms with van der Waals surface area (Å²) in [6.07, 6.45) is 3.37. The van der Waals surface area contributed by atoms with E-state index in [2.05, 4.69) is 4.74 Å². The summed E-state index contributed by atoms with van der Waals surface area (Å²) in [4.78, 5) is 24.4. The number of hydrogen-bond donors (Lipinski definition) is 1. The summed E-state index contributed by atoms with van der Waals surface area (Å²) in [7, 11) is 3.19. The summed E-state index contributed by atoms with van der Waals surface area (Å²) in [6, 6.07) is 5.92. The zero-order valence-electron chi connectivity index (χ0n) is 12.6. The number of rotatable bonds is 6. The van der Waals surface area contributed by atoms with Crippen LogP contribution in [0.15, 0.2) is 18.2 Å². The van der Waals surface area contributed by atoms with E-state index in [4.69, 9.17) is 5.73 Å². The number of carbonyl (C=O) groups excluding carboxylic acids is 2. The summed E-state index contributed by atoms with van der Waals surface area (Å²) in [6.45, 7) is 0. The zero-order chi connectivity index (χ0) is 15.4. The zero-order valence-corrected chi connectivity index (χ0v) is 12.6. The van der Waals surface area contributed by atoms with Crippen molar-refractivity contribution >= 4 is 17.6 Å². The number of likely N-dealkylation sites (N-methyl/N-ethyl adjacent to an activating group) is 1. The van der Waals surface area contributed by atoms with Crippen molar-refractivity contribution < 1.29 is 14.3 Å². The van der Waals surface area contributed by atoms with Gasteiger partial charge in [0.25, 0.3) is 0 Å². The molecule has 1 aliphatic heterocycles. The van der Waals surface area contributed by atoms with E-state index < -0.39 is 0 Å². The van der Waals surface area contributed by atoms with Gasteiger partial charge in [0.2, 0.25) is 5.91 Å². The maximum absolute atomic E-state index is 11.7. The van der Waals surface area contributed by atoms with Gasteiger partial charge in [-0.25, -0.2) is 0 Å². The van der Waals surface area contributed by atoms with Gasteiger partial charge in [-0.1, -0.05) is 18.6 Å². The summed E-state index contributed by atoms with van der Waals surface area (Å²) < 4.78 is 4.61. The van der Waals surface area contributed by atoms with E-state index in [1.54, 1.807) is 11.9 Å². The maximum Gasteiger partial charge on any atom is 0.305 e. The van der Waals surface area contributed by atoms with Gasteiger partial charge in [0.1, 0.15) is 0 Å². The van der Waals surface area contributed by atoms with E-state index in [0.717, 1.165) is 36.1 Å². The molecule has 0 saturated heterocycles. The van der Waals surface area contributed by atoms with Crippen LogP contribution in [-0.4, -0.2) is 26.0 Å². The van der Waals surface area contributed by atoms with Crippen molar-refractivity contribution in [3.8, 4) is 0 Å². The Balaban J connectivity index is 1.89. The fourth-order valence-electron chi connectivity index (χ4n) is 2.62. The third-order valence-electron chi connectivity index (χ3n) is 3.98. The third-order valence-corrected chi connectivity index (χ3v) is 3.98. The molecule has 0 aliphatic carbocycles. The van der Waals surface area contributed by atoms with Gasteiger partial charge in [0, 0.05) is 25.2 Å². The van der Waals surface area contributed by atoms with Crippen molar-refractivity contribution in [2.75, 3.05) is 19.1 Å². The Hall–Kier alpha value is -1.88. The van der Waals surface area contributed by atoms with Crippen LogP contribution in [0.1, 0.15) is 42.9 Å². The molecular formula is C16H22N2O3. The number of hydrogen-bond acceptors (Lipinski definition) is 4. The fraction of sp³-hybridized carbons (Fsp3) is 0.500. The molecule has 2 rings (SSSR count). The molecule has 0 fully saturated rings. The number of fused-ring (bicyclic) bond motifs is 1. The van der Waals surface area contributed by atoms with Gasteiger partial charge >= 0.3 is 5.97 Å². The Kier molecular flexibility index (Phi) is 4.96. The first kappa shape index (κ1) is 15.5. The van der Waals surface area contributed by atoms with E-state index in [-0.39, 0.29) is 17.9 Å². The lowest BCUT2D eigenvalue weighted by molar-refractivity contribution is -0.140. The number of anilines is 1. The molecule has 1 amide bonds. The smallest absolute Gasteiger partial charge is 0.305 e. The van der Waals surface area contributed by atoms with Crippen LogP contribution >= 0.6 is 0 Å². The molecule has 0 radical (unpaired) electrons. The summed E-state index contributed by atoms with van der Waals surface area (Å²) in [5.74, 6) is -0.0588. The lowest BCUT2D eigenvalue weighted by Gasteiger charge is -2.14. The van der Waals surface area contributed by atoms with Crippen LogP contribution in [0.25, 0.3) is 0 Å². The van der Waals surface area contributed by atoms with Crippen molar-refractivity contribution in [2.24, 2.45) is 5.73 Å². The molecule has 1 heterocycles. The molecule has 0 spiro atoms. The van der Waals surface area contributed by atoms with E-state index in [1.165, 1.54) is 7.11 Å². The Bertz CT molecular complexity index is 542. The van der Waals surface area contributed by atoms with Crippen molar-refractivity contribution in [3.05, 3.63) is 29.3 Å². The molecule has 21 heavy (non-hydrogen) atoms. The molecule has 114 valence electrons. The van der Waals surface area contributed by atoms with Gasteiger partial charge in [-0.2, -0.15) is 0 Å². The van der Waals surface area contributed by atoms with E-state index in [9.17, 15) is 9.59 Å². The SMILES string of the molecule is COC(=O)CCCCC(N)c1ccc2c(c1)CC(=O)N2C. The van der Waals surface area contributed by atoms with Crippen LogP contribution in [0.2, 0.25) is 0 Å². The molecule has 0 aromatic heterocycles. The molecule has 5 heteroatoms. The number of nitrogens with two attached hydrogens (primary N) is 1. The summed E-state index contributed by atoms with van der Waals surface area (Å²) in [5.41, 5.74) is 9.26. The van der Waals surface area contributed by atoms with Gasteiger partial charge < -0.3 is 15.4 Å². The van der Waals surface area contributed by atoms with Crippen LogP contribution in [0.3, 0.4) is 0 Å². The topological polar surface area (TPSA) is 72.6 Å². The molecule has 0 saturated carbocycles. The molecule has 1 aliphatic rings. The highest BCUT2D eigenvalue weighted by molar-refractivity contribution is 6.00. The number of benzene rings is 1. The lowest BCUT2D eigenvalue weighted by Crippen LogP contribution is -2.20. The highest BCUT2D eigenvalue weighted by Crippen LogP contribution is 2.30. The predicted octanol–water partition coefficient (Wildman–Crippen LogP) is 1.94. The molecule has 1 atom stereocenters. The highest BCUT2D eigenvalue weighted by Gasteiger charge is 2.24. The molecule has 5 nitrogen and oxygen atoms in total. The second-order valence-corrected chi connectivity index (χ2v) is 5.45. The van der Waals surface area contributed by atoms with E-state index >= 15 is 0 Å². The second-order valence-electron chi connectivity index (χ2n) is 5.45. The van der Waals surface area contributed by atoms with Crippen LogP contribution in [0.5, 0.6) is 0 Å². The first-order chi connectivity index (χ1) is 10.0. The normalized spacial score (nSPS) is 15.0. The largest absolute Gasteiger partial charge is 0.469 e. The fourth-order valence-corrected chi connectivity index (χ4v) is 2.62. The molecule has 0 bridgehead atoms. The first-order valence-electron chi connectivity index (χ1n) is 7.24. The molecule has 1 unspecified atom stereocenters. The second kappa shape index (κ2) is 6.72. The highest BCUT2D eigenvalue weighted by atomic mass is 16.5. The number of nitrogens with zero attached hydrogens (tertiary/aromatic N) is 1. The summed E-state index contributed by atoms with van der Waals surface area (Å²) >= 11 is 0. The van der Waals surface area contributed by atoms with E-state index in [1.807, 2.05) is 18.2 Å². The number of ether oxygens (including phenoxy) is 1. The summed E-state index contributed by atoms with van der Waals surface area (Å²) in [5, 5.41) is 0. The number of carbonyl (C=O) groups is 2. The minimum atomic E-state index is -0.178. The Morgan fingerprint density at radius 2 is 2.19 bits per heavy atom. The van der Waals surface area contributed by atoms with Crippen LogP contribution in [0, 0.1) is 0 Å². The molecule has 1 aromatic rings. The molecule has 2 N–H and O–H groups in total. The lowest BCUT2D eigenvalue weighted by atomic mass is 9.98. The number of unbranched alkanes of at least 4 members (excludes halogenated alkanes) is 1. The van der Waals surface area contributed by atoms with Crippen LogP contribution < -0.4 is 10.6 Å². The minimum Gasteiger partial charge on any atom is -0.469 e. The Labute approximate surface area is 125 Å². The van der Waals surface area contributed by atoms with Gasteiger partial charge in [-0.3, -0.25) is 9.59 Å². The molecular weight excluding hydrogens is 268 g/mol. The van der Waals surface area contributed by atoms with Gasteiger partial charge in [0.05, 0.1) is 13.5 Å². The maximum atomic E-state index is 11.7. The van der Waals surface area contributed by atoms with Crippen LogP contribution in [-0.2, 0) is 20.7 Å². The van der Waals surface area contributed by atoms with Gasteiger partial charge in [0.15, 0.2) is 0 Å². The number of esters is 1. The average Bonchev–Trinajstić information content (AvgIpc) is 2.77. The minimum absolute atomic E-state index is 0.0612. The first-order valence-corrected chi connectivity index (χ1v) is 7.24. The van der Waals surface area contributed by atoms with Crippen molar-refractivity contribution in [3.63, 3.8) is 0 Å². The third kappa shape index (κ3) is 3.61. The Morgan fingerprint density at radius 3 is 2.90 bits per heavy atom. The predicted molar refractivity (Wildman–Crippen MR) is 81.0 cm³/mol. The van der Waals surface area contributed by atoms with E-state index in [0.29, 0.717) is 12.8 Å². The number of methoxy groups -OCH3 is 1. The standard InChI is InChI=1S/C16H22N2O3/c1-18-14-8-7-11(9-12(14)10-15(18)19)13(17)5-3-4-6-16(20)21-2/h7-9,13H,3-6,10,17H2,1-2H3. The van der Waals surface area contributed by atoms with Gasteiger partial charge in [-0.15, -0.1) is 0 Å². The van der Waals surface area contributed by atoms with Crippen molar-refractivity contribution in [2.45, 2.75) is 38.1 Å². The number of amides is 1. The van der Waals surface area contributed by atoms with Crippen molar-refractivity contribution in [1.29, 1.82) is 0 Å². The van der Waals surface area contributed by atoms with Gasteiger partial charge in [-0.05, 0) is 30.0 Å². The average molecular weight is 290 g/mol. The monoisotopic (exact) mass is 290 g/mol. The Morgan fingerprint density at radius 1 is 1.43 bits per heavy atom. The van der Waals surface area contributed by atoms with Crippen molar-refractivity contribution in [1.82, 2.24) is 0 Å². The van der Waals surface area contributed by atoms with Crippen LogP contribution in [0.4, 0.5) is 5.69 Å². The quantitative estimate of drug-likeness (QED) is 0.642. The molecule has 1 aromatic carbocycles.